The van der Waals surface area contributed by atoms with Crippen molar-refractivity contribution < 1.29 is 9.53 Å². The highest BCUT2D eigenvalue weighted by molar-refractivity contribution is 14.1. The summed E-state index contributed by atoms with van der Waals surface area (Å²) >= 11 is 2.15. The van der Waals surface area contributed by atoms with Gasteiger partial charge in [0.2, 0.25) is 0 Å². The standard InChI is InChI=1S/C13H11IN2O2/c14-10-6-7-12(15-8-10)16-13(17)9-18-11-4-2-1-3-5-11/h1-8H,9H2,(H,15,16,17). The summed E-state index contributed by atoms with van der Waals surface area (Å²) in [7, 11) is 0. The third-order valence-electron chi connectivity index (χ3n) is 2.11. The molecule has 92 valence electrons. The van der Waals surface area contributed by atoms with Crippen LogP contribution in [0.4, 0.5) is 5.82 Å². The van der Waals surface area contributed by atoms with E-state index < -0.39 is 0 Å². The maximum atomic E-state index is 11.6. The van der Waals surface area contributed by atoms with Gasteiger partial charge in [-0.3, -0.25) is 4.79 Å². The van der Waals surface area contributed by atoms with E-state index in [1.54, 1.807) is 24.4 Å². The van der Waals surface area contributed by atoms with Crippen LogP contribution in [0.2, 0.25) is 0 Å². The fourth-order valence-electron chi connectivity index (χ4n) is 1.29. The van der Waals surface area contributed by atoms with E-state index in [9.17, 15) is 4.79 Å². The van der Waals surface area contributed by atoms with E-state index in [0.717, 1.165) is 3.57 Å². The van der Waals surface area contributed by atoms with E-state index in [0.29, 0.717) is 11.6 Å². The zero-order valence-corrected chi connectivity index (χ0v) is 11.6. The van der Waals surface area contributed by atoms with Gasteiger partial charge in [-0.15, -0.1) is 0 Å². The number of ether oxygens (including phenoxy) is 1. The summed E-state index contributed by atoms with van der Waals surface area (Å²) < 4.78 is 6.34. The molecule has 4 nitrogen and oxygen atoms in total. The largest absolute Gasteiger partial charge is 0.484 e. The van der Waals surface area contributed by atoms with E-state index in [1.165, 1.54) is 0 Å². The van der Waals surface area contributed by atoms with Gasteiger partial charge in [-0.2, -0.15) is 0 Å². The number of para-hydroxylation sites is 1. The van der Waals surface area contributed by atoms with Crippen LogP contribution >= 0.6 is 22.6 Å². The van der Waals surface area contributed by atoms with Gasteiger partial charge in [0, 0.05) is 9.77 Å². The van der Waals surface area contributed by atoms with Gasteiger partial charge >= 0.3 is 0 Å². The predicted molar refractivity (Wildman–Crippen MR) is 77.5 cm³/mol. The van der Waals surface area contributed by atoms with Crippen LogP contribution in [0.3, 0.4) is 0 Å². The second-order valence-corrected chi connectivity index (χ2v) is 4.76. The number of benzene rings is 1. The number of halogens is 1. The second-order valence-electron chi connectivity index (χ2n) is 3.51. The van der Waals surface area contributed by atoms with Crippen molar-refractivity contribution >= 4 is 34.3 Å². The van der Waals surface area contributed by atoms with Crippen molar-refractivity contribution in [2.75, 3.05) is 11.9 Å². The van der Waals surface area contributed by atoms with Gasteiger partial charge in [0.25, 0.3) is 5.91 Å². The van der Waals surface area contributed by atoms with Gasteiger partial charge < -0.3 is 10.1 Å². The molecule has 0 radical (unpaired) electrons. The normalized spacial score (nSPS) is 9.83. The number of carbonyl (C=O) groups excluding carboxylic acids is 1. The minimum atomic E-state index is -0.229. The van der Waals surface area contributed by atoms with Crippen molar-refractivity contribution in [1.82, 2.24) is 4.98 Å². The minimum absolute atomic E-state index is 0.0301. The monoisotopic (exact) mass is 354 g/mol. The molecule has 2 rings (SSSR count). The summed E-state index contributed by atoms with van der Waals surface area (Å²) in [6.45, 7) is -0.0301. The number of rotatable bonds is 4. The summed E-state index contributed by atoms with van der Waals surface area (Å²) in [6.07, 6.45) is 1.69. The number of aromatic nitrogens is 1. The number of hydrogen-bond donors (Lipinski definition) is 1. The Hall–Kier alpha value is -1.63. The Morgan fingerprint density at radius 2 is 2.00 bits per heavy atom. The zero-order valence-electron chi connectivity index (χ0n) is 9.47. The van der Waals surface area contributed by atoms with Gasteiger partial charge in [-0.25, -0.2) is 4.98 Å². The van der Waals surface area contributed by atoms with Gasteiger partial charge in [0.15, 0.2) is 6.61 Å². The highest BCUT2D eigenvalue weighted by atomic mass is 127. The molecule has 0 saturated heterocycles. The van der Waals surface area contributed by atoms with E-state index in [1.807, 2.05) is 24.3 Å². The molecule has 0 spiro atoms. The first-order valence-electron chi connectivity index (χ1n) is 5.33. The number of hydrogen-bond acceptors (Lipinski definition) is 3. The molecule has 0 saturated carbocycles. The average Bonchev–Trinajstić information content (AvgIpc) is 2.40. The lowest BCUT2D eigenvalue weighted by Crippen LogP contribution is -2.20. The Morgan fingerprint density at radius 1 is 1.22 bits per heavy atom. The highest BCUT2D eigenvalue weighted by Gasteiger charge is 2.04. The number of pyridine rings is 1. The number of nitrogens with zero attached hydrogens (tertiary/aromatic N) is 1. The Kier molecular flexibility index (Phi) is 4.52. The van der Waals surface area contributed by atoms with Crippen molar-refractivity contribution in [1.29, 1.82) is 0 Å². The van der Waals surface area contributed by atoms with Crippen LogP contribution in [0.15, 0.2) is 48.7 Å². The summed E-state index contributed by atoms with van der Waals surface area (Å²) in [5.41, 5.74) is 0. The van der Waals surface area contributed by atoms with E-state index in [-0.39, 0.29) is 12.5 Å². The van der Waals surface area contributed by atoms with Crippen LogP contribution in [0.1, 0.15) is 0 Å². The Labute approximate surface area is 119 Å². The molecule has 0 aliphatic carbocycles. The molecule has 5 heteroatoms. The van der Waals surface area contributed by atoms with Crippen molar-refractivity contribution in [3.05, 3.63) is 52.2 Å². The van der Waals surface area contributed by atoms with Crippen LogP contribution < -0.4 is 10.1 Å². The van der Waals surface area contributed by atoms with Crippen molar-refractivity contribution in [3.8, 4) is 5.75 Å². The lowest BCUT2D eigenvalue weighted by Gasteiger charge is -2.06. The number of nitrogens with one attached hydrogen (secondary N) is 1. The quantitative estimate of drug-likeness (QED) is 0.859. The summed E-state index contributed by atoms with van der Waals surface area (Å²) in [6, 6.07) is 12.8. The molecule has 1 aromatic heterocycles. The smallest absolute Gasteiger partial charge is 0.263 e. The third kappa shape index (κ3) is 3.99. The van der Waals surface area contributed by atoms with Crippen molar-refractivity contribution in [3.63, 3.8) is 0 Å². The molecular weight excluding hydrogens is 343 g/mol. The first-order valence-corrected chi connectivity index (χ1v) is 6.41. The van der Waals surface area contributed by atoms with E-state index >= 15 is 0 Å². The lowest BCUT2D eigenvalue weighted by molar-refractivity contribution is -0.118. The molecule has 1 aromatic carbocycles. The van der Waals surface area contributed by atoms with Gasteiger partial charge in [0.05, 0.1) is 0 Å². The van der Waals surface area contributed by atoms with Crippen molar-refractivity contribution in [2.24, 2.45) is 0 Å². The molecule has 18 heavy (non-hydrogen) atoms. The maximum absolute atomic E-state index is 11.6. The molecule has 0 aliphatic rings. The first kappa shape index (κ1) is 12.8. The van der Waals surface area contributed by atoms with Crippen LogP contribution in [0.25, 0.3) is 0 Å². The molecule has 1 heterocycles. The zero-order chi connectivity index (χ0) is 12.8. The molecule has 1 N–H and O–H groups in total. The van der Waals surface area contributed by atoms with Gasteiger partial charge in [0.1, 0.15) is 11.6 Å². The third-order valence-corrected chi connectivity index (χ3v) is 2.75. The minimum Gasteiger partial charge on any atom is -0.484 e. The number of carbonyl (C=O) groups is 1. The maximum Gasteiger partial charge on any atom is 0.263 e. The van der Waals surface area contributed by atoms with Crippen LogP contribution in [-0.2, 0) is 4.79 Å². The number of amides is 1. The first-order chi connectivity index (χ1) is 8.74. The Bertz CT molecular complexity index is 514. The average molecular weight is 354 g/mol. The molecule has 0 unspecified atom stereocenters. The van der Waals surface area contributed by atoms with Gasteiger partial charge in [-0.05, 0) is 46.9 Å². The highest BCUT2D eigenvalue weighted by Crippen LogP contribution is 2.09. The fourth-order valence-corrected chi connectivity index (χ4v) is 1.61. The fraction of sp³-hybridized carbons (Fsp3) is 0.0769. The lowest BCUT2D eigenvalue weighted by atomic mass is 10.3. The van der Waals surface area contributed by atoms with E-state index in [4.69, 9.17) is 4.74 Å². The molecule has 1 amide bonds. The molecule has 0 atom stereocenters. The SMILES string of the molecule is O=C(COc1ccccc1)Nc1ccc(I)cn1. The summed E-state index contributed by atoms with van der Waals surface area (Å²) in [5, 5.41) is 2.66. The van der Waals surface area contributed by atoms with Crippen LogP contribution in [-0.4, -0.2) is 17.5 Å². The molecule has 0 fully saturated rings. The molecule has 2 aromatic rings. The molecular formula is C13H11IN2O2. The summed E-state index contributed by atoms with van der Waals surface area (Å²) in [5.74, 6) is 0.966. The Balaban J connectivity index is 1.84. The van der Waals surface area contributed by atoms with Crippen LogP contribution in [0.5, 0.6) is 5.75 Å². The number of anilines is 1. The second kappa shape index (κ2) is 6.34. The van der Waals surface area contributed by atoms with Crippen LogP contribution in [0, 0.1) is 3.57 Å². The Morgan fingerprint density at radius 3 is 2.67 bits per heavy atom. The predicted octanol–water partition coefficient (Wildman–Crippen LogP) is 2.70. The molecule has 0 aliphatic heterocycles. The van der Waals surface area contributed by atoms with E-state index in [2.05, 4.69) is 32.9 Å². The molecule has 0 bridgehead atoms. The van der Waals surface area contributed by atoms with Crippen molar-refractivity contribution in [2.45, 2.75) is 0 Å². The van der Waals surface area contributed by atoms with Gasteiger partial charge in [-0.1, -0.05) is 18.2 Å². The topological polar surface area (TPSA) is 51.2 Å². The summed E-state index contributed by atoms with van der Waals surface area (Å²) in [4.78, 5) is 15.7.